The van der Waals surface area contributed by atoms with Gasteiger partial charge in [-0.25, -0.2) is 10.4 Å². The number of nitrogens with two attached hydrogens (primary N) is 1. The van der Waals surface area contributed by atoms with Gasteiger partial charge in [-0.2, -0.15) is 5.10 Å². The van der Waals surface area contributed by atoms with Gasteiger partial charge in [-0.05, 0) is 63.2 Å². The number of nitrogens with one attached hydrogen (secondary N) is 1. The van der Waals surface area contributed by atoms with Gasteiger partial charge >= 0.3 is 0 Å². The summed E-state index contributed by atoms with van der Waals surface area (Å²) in [5.74, 6) is 1.90. The predicted octanol–water partition coefficient (Wildman–Crippen LogP) is 4.95. The molecule has 1 heterocycles. The summed E-state index contributed by atoms with van der Waals surface area (Å²) in [4.78, 5) is 16.4. The van der Waals surface area contributed by atoms with E-state index in [1.165, 1.54) is 38.5 Å². The summed E-state index contributed by atoms with van der Waals surface area (Å²) in [7, 11) is 0. The van der Waals surface area contributed by atoms with Crippen LogP contribution in [-0.2, 0) is 0 Å². The molecule has 1 amide bonds. The summed E-state index contributed by atoms with van der Waals surface area (Å²) in [5, 5.41) is 4.39. The molecule has 0 saturated heterocycles. The molecule has 0 unspecified atom stereocenters. The van der Waals surface area contributed by atoms with Gasteiger partial charge in [-0.3, -0.25) is 4.79 Å². The predicted molar refractivity (Wildman–Crippen MR) is 105 cm³/mol. The van der Waals surface area contributed by atoms with Crippen molar-refractivity contribution in [2.24, 2.45) is 28.3 Å². The van der Waals surface area contributed by atoms with Crippen LogP contribution in [0.2, 0.25) is 15.2 Å². The number of hydrazone groups is 1. The van der Waals surface area contributed by atoms with Crippen LogP contribution in [-0.4, -0.2) is 16.6 Å². The molecule has 0 aromatic carbocycles. The summed E-state index contributed by atoms with van der Waals surface area (Å²) in [6.07, 6.45) is 7.64. The number of anilines is 1. The summed E-state index contributed by atoms with van der Waals surface area (Å²) in [6.45, 7) is 2.02. The van der Waals surface area contributed by atoms with Crippen LogP contribution in [0, 0.1) is 23.2 Å². The third kappa shape index (κ3) is 2.98. The van der Waals surface area contributed by atoms with Gasteiger partial charge in [0.05, 0.1) is 10.7 Å². The molecule has 0 atom stereocenters. The van der Waals surface area contributed by atoms with Crippen LogP contribution < -0.4 is 11.2 Å². The number of pyridine rings is 1. The van der Waals surface area contributed by atoms with Crippen molar-refractivity contribution in [2.75, 3.05) is 5.73 Å². The second-order valence-corrected chi connectivity index (χ2v) is 9.24. The number of hydrogen-bond donors (Lipinski definition) is 2. The Morgan fingerprint density at radius 3 is 2.19 bits per heavy atom. The molecular formula is C18H21Cl3N4O. The highest BCUT2D eigenvalue weighted by molar-refractivity contribution is 6.46. The van der Waals surface area contributed by atoms with Crippen molar-refractivity contribution < 1.29 is 4.79 Å². The van der Waals surface area contributed by atoms with Crippen LogP contribution in [0.5, 0.6) is 0 Å². The van der Waals surface area contributed by atoms with Gasteiger partial charge in [0, 0.05) is 11.1 Å². The number of hydrogen-bond acceptors (Lipinski definition) is 4. The minimum absolute atomic E-state index is 0.0143. The molecule has 0 spiro atoms. The number of carbonyl (C=O) groups excluding carboxylic acids is 1. The third-order valence-electron chi connectivity index (χ3n) is 6.42. The Kier molecular flexibility index (Phi) is 4.61. The quantitative estimate of drug-likeness (QED) is 0.416. The van der Waals surface area contributed by atoms with E-state index in [0.29, 0.717) is 0 Å². The van der Waals surface area contributed by atoms with E-state index in [1.807, 2.05) is 6.92 Å². The molecular weight excluding hydrogens is 395 g/mol. The van der Waals surface area contributed by atoms with Crippen LogP contribution in [0.15, 0.2) is 5.10 Å². The molecule has 8 heteroatoms. The zero-order chi connectivity index (χ0) is 18.6. The van der Waals surface area contributed by atoms with Crippen molar-refractivity contribution in [3.05, 3.63) is 20.9 Å². The van der Waals surface area contributed by atoms with Crippen LogP contribution in [0.3, 0.4) is 0 Å². The lowest BCUT2D eigenvalue weighted by Crippen LogP contribution is -2.49. The molecule has 5 nitrogen and oxygen atoms in total. The highest BCUT2D eigenvalue weighted by Gasteiger charge is 2.52. The fourth-order valence-electron chi connectivity index (χ4n) is 5.54. The smallest absolute Gasteiger partial charge is 0.291 e. The lowest BCUT2D eigenvalue weighted by molar-refractivity contribution is -0.0128. The van der Waals surface area contributed by atoms with Crippen molar-refractivity contribution in [2.45, 2.75) is 45.4 Å². The van der Waals surface area contributed by atoms with Crippen LogP contribution in [0.1, 0.15) is 55.9 Å². The zero-order valence-corrected chi connectivity index (χ0v) is 16.8. The van der Waals surface area contributed by atoms with Crippen molar-refractivity contribution in [3.8, 4) is 0 Å². The topological polar surface area (TPSA) is 80.4 Å². The number of amides is 1. The minimum atomic E-state index is -0.538. The van der Waals surface area contributed by atoms with E-state index in [-0.39, 0.29) is 32.0 Å². The molecule has 1 aromatic heterocycles. The molecule has 140 valence electrons. The lowest BCUT2D eigenvalue weighted by Gasteiger charge is -2.56. The van der Waals surface area contributed by atoms with E-state index < -0.39 is 5.91 Å². The van der Waals surface area contributed by atoms with Gasteiger partial charge in [0.25, 0.3) is 5.91 Å². The fourth-order valence-corrected chi connectivity index (χ4v) is 6.14. The average Bonchev–Trinajstić information content (AvgIpc) is 2.59. The maximum absolute atomic E-state index is 12.5. The van der Waals surface area contributed by atoms with E-state index in [9.17, 15) is 4.79 Å². The number of nitrogens with zero attached hydrogens (tertiary/aromatic N) is 2. The molecule has 5 rings (SSSR count). The monoisotopic (exact) mass is 414 g/mol. The summed E-state index contributed by atoms with van der Waals surface area (Å²) < 4.78 is 0. The first-order chi connectivity index (χ1) is 12.3. The number of nitrogen functional groups attached to an aromatic ring is 1. The third-order valence-corrected chi connectivity index (χ3v) is 7.55. The first kappa shape index (κ1) is 18.3. The lowest BCUT2D eigenvalue weighted by atomic mass is 9.48. The fraction of sp³-hybridized carbons (Fsp3) is 0.611. The maximum Gasteiger partial charge on any atom is 0.291 e. The molecule has 4 bridgehead atoms. The first-order valence-corrected chi connectivity index (χ1v) is 10.1. The average molecular weight is 416 g/mol. The van der Waals surface area contributed by atoms with E-state index in [4.69, 9.17) is 40.5 Å². The normalized spacial score (nSPS) is 32.8. The molecule has 4 saturated carbocycles. The number of rotatable bonds is 3. The second kappa shape index (κ2) is 6.54. The Balaban J connectivity index is 1.54. The molecule has 3 N–H and O–H groups in total. The Bertz CT molecular complexity index is 773. The van der Waals surface area contributed by atoms with Gasteiger partial charge in [0.15, 0.2) is 10.8 Å². The standard InChI is InChI=1S/C18H21Cl3N4O/c1-8(18-5-9-2-10(6-18)4-11(3-9)7-18)24-25-17(26)15-12(19)14(22)13(20)16(21)23-15/h9-11H,2-7H2,1H3,(H2,22,23)(H,25,26)/b24-8+. The van der Waals surface area contributed by atoms with Gasteiger partial charge < -0.3 is 5.73 Å². The van der Waals surface area contributed by atoms with E-state index in [0.717, 1.165) is 23.5 Å². The summed E-state index contributed by atoms with van der Waals surface area (Å²) in [6, 6.07) is 0. The molecule has 0 radical (unpaired) electrons. The van der Waals surface area contributed by atoms with Gasteiger partial charge in [0.2, 0.25) is 0 Å². The molecule has 4 aliphatic carbocycles. The van der Waals surface area contributed by atoms with Crippen molar-refractivity contribution in [1.82, 2.24) is 10.4 Å². The molecule has 1 aromatic rings. The number of aromatic nitrogens is 1. The van der Waals surface area contributed by atoms with Gasteiger partial charge in [-0.15, -0.1) is 0 Å². The zero-order valence-electron chi connectivity index (χ0n) is 14.5. The Labute approximate surface area is 167 Å². The largest absolute Gasteiger partial charge is 0.396 e. The van der Waals surface area contributed by atoms with Crippen LogP contribution >= 0.6 is 34.8 Å². The maximum atomic E-state index is 12.5. The van der Waals surface area contributed by atoms with E-state index in [1.54, 1.807) is 0 Å². The van der Waals surface area contributed by atoms with Crippen LogP contribution in [0.4, 0.5) is 5.69 Å². The Hall–Kier alpha value is -1.04. The van der Waals surface area contributed by atoms with Crippen molar-refractivity contribution >= 4 is 52.1 Å². The highest BCUT2D eigenvalue weighted by Crippen LogP contribution is 2.60. The molecule has 26 heavy (non-hydrogen) atoms. The Morgan fingerprint density at radius 1 is 1.12 bits per heavy atom. The van der Waals surface area contributed by atoms with Gasteiger partial charge in [-0.1, -0.05) is 34.8 Å². The van der Waals surface area contributed by atoms with Crippen molar-refractivity contribution in [1.29, 1.82) is 0 Å². The van der Waals surface area contributed by atoms with Gasteiger partial charge in [0.1, 0.15) is 5.02 Å². The van der Waals surface area contributed by atoms with E-state index in [2.05, 4.69) is 15.5 Å². The first-order valence-electron chi connectivity index (χ1n) is 8.94. The molecule has 4 fully saturated rings. The van der Waals surface area contributed by atoms with E-state index >= 15 is 0 Å². The number of carbonyl (C=O) groups is 1. The summed E-state index contributed by atoms with van der Waals surface area (Å²) >= 11 is 17.9. The highest BCUT2D eigenvalue weighted by atomic mass is 35.5. The Morgan fingerprint density at radius 2 is 1.65 bits per heavy atom. The minimum Gasteiger partial charge on any atom is -0.396 e. The van der Waals surface area contributed by atoms with Crippen molar-refractivity contribution in [3.63, 3.8) is 0 Å². The second-order valence-electron chi connectivity index (χ2n) is 8.13. The number of halogens is 3. The molecule has 4 aliphatic rings. The SMILES string of the molecule is C/C(=N\NC(=O)c1nc(Cl)c(Cl)c(N)c1Cl)C12CC3CC(CC(C3)C1)C2. The summed E-state index contributed by atoms with van der Waals surface area (Å²) in [5.41, 5.74) is 9.46. The van der Waals surface area contributed by atoms with Crippen LogP contribution in [0.25, 0.3) is 0 Å². The molecule has 0 aliphatic heterocycles.